The Morgan fingerprint density at radius 1 is 1.32 bits per heavy atom. The highest BCUT2D eigenvalue weighted by atomic mass is 16.6. The third kappa shape index (κ3) is 2.45. The predicted octanol–water partition coefficient (Wildman–Crippen LogP) is 2.63. The smallest absolute Gasteiger partial charge is 0.277 e. The van der Waals surface area contributed by atoms with Crippen LogP contribution in [0.4, 0.5) is 5.69 Å². The summed E-state index contributed by atoms with van der Waals surface area (Å²) in [6.45, 7) is 4.49. The highest BCUT2D eigenvalue weighted by Crippen LogP contribution is 2.41. The predicted molar refractivity (Wildman–Crippen MR) is 67.3 cm³/mol. The van der Waals surface area contributed by atoms with Crippen molar-refractivity contribution in [2.24, 2.45) is 5.92 Å². The van der Waals surface area contributed by atoms with Crippen molar-refractivity contribution in [2.75, 3.05) is 13.2 Å². The lowest BCUT2D eigenvalue weighted by Crippen LogP contribution is -2.17. The van der Waals surface area contributed by atoms with Gasteiger partial charge in [0.05, 0.1) is 28.5 Å². The van der Waals surface area contributed by atoms with Crippen LogP contribution in [0.1, 0.15) is 25.3 Å². The van der Waals surface area contributed by atoms with Gasteiger partial charge in [-0.25, -0.2) is 0 Å². The summed E-state index contributed by atoms with van der Waals surface area (Å²) < 4.78 is 10.7. The maximum absolute atomic E-state index is 11.2. The van der Waals surface area contributed by atoms with E-state index >= 15 is 0 Å². The Balaban J connectivity index is 2.58. The van der Waals surface area contributed by atoms with E-state index in [1.54, 1.807) is 6.07 Å². The van der Waals surface area contributed by atoms with Crippen LogP contribution in [0.25, 0.3) is 0 Å². The lowest BCUT2D eigenvalue weighted by Gasteiger charge is -2.21. The molecule has 0 aliphatic carbocycles. The maximum Gasteiger partial charge on any atom is 0.277 e. The summed E-state index contributed by atoms with van der Waals surface area (Å²) in [5.74, 6) is 0.261. The lowest BCUT2D eigenvalue weighted by molar-refractivity contribution is -0.385. The maximum atomic E-state index is 11.2. The minimum absolute atomic E-state index is 0.0220. The van der Waals surface area contributed by atoms with Gasteiger partial charge in [0.15, 0.2) is 11.5 Å². The van der Waals surface area contributed by atoms with Crippen LogP contribution in [0.2, 0.25) is 0 Å². The van der Waals surface area contributed by atoms with Crippen molar-refractivity contribution in [1.29, 1.82) is 5.26 Å². The van der Waals surface area contributed by atoms with Crippen molar-refractivity contribution in [3.63, 3.8) is 0 Å². The zero-order valence-electron chi connectivity index (χ0n) is 10.8. The topological polar surface area (TPSA) is 85.4 Å². The largest absolute Gasteiger partial charge is 0.486 e. The van der Waals surface area contributed by atoms with Gasteiger partial charge in [0.25, 0.3) is 5.69 Å². The number of fused-ring (bicyclic) bond motifs is 1. The van der Waals surface area contributed by atoms with E-state index < -0.39 is 10.8 Å². The molecule has 1 aliphatic heterocycles. The van der Waals surface area contributed by atoms with Crippen molar-refractivity contribution in [1.82, 2.24) is 0 Å². The van der Waals surface area contributed by atoms with E-state index in [0.29, 0.717) is 30.3 Å². The van der Waals surface area contributed by atoms with Crippen molar-refractivity contribution in [2.45, 2.75) is 19.8 Å². The van der Waals surface area contributed by atoms with E-state index in [-0.39, 0.29) is 11.6 Å². The van der Waals surface area contributed by atoms with Gasteiger partial charge in [-0.15, -0.1) is 0 Å². The highest BCUT2D eigenvalue weighted by Gasteiger charge is 2.28. The van der Waals surface area contributed by atoms with Crippen LogP contribution in [0.15, 0.2) is 12.1 Å². The lowest BCUT2D eigenvalue weighted by atomic mass is 9.88. The van der Waals surface area contributed by atoms with Gasteiger partial charge in [-0.2, -0.15) is 5.26 Å². The SMILES string of the molecule is CC(C)C(C#N)c1cc2c(cc1[N+](=O)[O-])OCCO2. The van der Waals surface area contributed by atoms with Gasteiger partial charge in [-0.1, -0.05) is 13.8 Å². The molecule has 0 radical (unpaired) electrons. The molecule has 6 nitrogen and oxygen atoms in total. The van der Waals surface area contributed by atoms with Crippen molar-refractivity contribution >= 4 is 5.69 Å². The molecule has 0 aromatic heterocycles. The second kappa shape index (κ2) is 5.14. The Morgan fingerprint density at radius 2 is 1.89 bits per heavy atom. The molecule has 1 aliphatic rings. The molecule has 1 aromatic rings. The second-order valence-corrected chi connectivity index (χ2v) is 4.66. The van der Waals surface area contributed by atoms with E-state index in [1.165, 1.54) is 6.07 Å². The first-order valence-electron chi connectivity index (χ1n) is 6.02. The minimum atomic E-state index is -0.545. The third-order valence-electron chi connectivity index (χ3n) is 3.03. The summed E-state index contributed by atoms with van der Waals surface area (Å²) in [6, 6.07) is 5.02. The first-order valence-corrected chi connectivity index (χ1v) is 6.02. The van der Waals surface area contributed by atoms with Crippen LogP contribution in [-0.2, 0) is 0 Å². The molecule has 0 spiro atoms. The van der Waals surface area contributed by atoms with Gasteiger partial charge in [-0.3, -0.25) is 10.1 Å². The standard InChI is InChI=1S/C13H14N2O4/c1-8(2)10(7-14)9-5-12-13(19-4-3-18-12)6-11(9)15(16)17/h5-6,8,10H,3-4H2,1-2H3. The van der Waals surface area contributed by atoms with Gasteiger partial charge in [0, 0.05) is 0 Å². The average molecular weight is 262 g/mol. The second-order valence-electron chi connectivity index (χ2n) is 4.66. The number of benzene rings is 1. The van der Waals surface area contributed by atoms with Gasteiger partial charge >= 0.3 is 0 Å². The zero-order valence-corrected chi connectivity index (χ0v) is 10.8. The summed E-state index contributed by atoms with van der Waals surface area (Å²) >= 11 is 0. The van der Waals surface area contributed by atoms with Crippen LogP contribution in [0, 0.1) is 27.4 Å². The fraction of sp³-hybridized carbons (Fsp3) is 0.462. The number of nitro benzene ring substituents is 1. The van der Waals surface area contributed by atoms with Gasteiger partial charge < -0.3 is 9.47 Å². The molecule has 0 saturated heterocycles. The molecule has 6 heteroatoms. The Kier molecular flexibility index (Phi) is 3.56. The summed E-state index contributed by atoms with van der Waals surface area (Å²) in [5.41, 5.74) is 0.288. The molecule has 1 heterocycles. The van der Waals surface area contributed by atoms with E-state index in [0.717, 1.165) is 0 Å². The molecule has 0 fully saturated rings. The Labute approximate surface area is 110 Å². The molecule has 1 unspecified atom stereocenters. The molecular weight excluding hydrogens is 248 g/mol. The van der Waals surface area contributed by atoms with Crippen LogP contribution < -0.4 is 9.47 Å². The molecule has 19 heavy (non-hydrogen) atoms. The molecule has 1 atom stereocenters. The van der Waals surface area contributed by atoms with Gasteiger partial charge in [0.1, 0.15) is 13.2 Å². The van der Waals surface area contributed by atoms with E-state index in [1.807, 2.05) is 13.8 Å². The van der Waals surface area contributed by atoms with E-state index in [4.69, 9.17) is 9.47 Å². The minimum Gasteiger partial charge on any atom is -0.486 e. The van der Waals surface area contributed by atoms with Crippen molar-refractivity contribution in [3.8, 4) is 17.6 Å². The number of rotatable bonds is 3. The molecule has 0 N–H and O–H groups in total. The number of nitro groups is 1. The molecule has 100 valence electrons. The Morgan fingerprint density at radius 3 is 2.37 bits per heavy atom. The van der Waals surface area contributed by atoms with Crippen LogP contribution in [0.5, 0.6) is 11.5 Å². The summed E-state index contributed by atoms with van der Waals surface area (Å²) in [7, 11) is 0. The van der Waals surface area contributed by atoms with Gasteiger partial charge in [0.2, 0.25) is 0 Å². The van der Waals surface area contributed by atoms with Crippen LogP contribution >= 0.6 is 0 Å². The number of ether oxygens (including phenoxy) is 2. The van der Waals surface area contributed by atoms with Gasteiger partial charge in [-0.05, 0) is 12.0 Å². The zero-order chi connectivity index (χ0) is 14.0. The molecule has 0 bridgehead atoms. The van der Waals surface area contributed by atoms with E-state index in [9.17, 15) is 15.4 Å². The Hall–Kier alpha value is -2.29. The first kappa shape index (κ1) is 13.1. The number of nitriles is 1. The van der Waals surface area contributed by atoms with E-state index in [2.05, 4.69) is 6.07 Å². The summed E-state index contributed by atoms with van der Waals surface area (Å²) in [4.78, 5) is 10.7. The fourth-order valence-corrected chi connectivity index (χ4v) is 2.08. The number of hydrogen-bond acceptors (Lipinski definition) is 5. The summed E-state index contributed by atoms with van der Waals surface area (Å²) in [5, 5.41) is 20.4. The molecule has 1 aromatic carbocycles. The quantitative estimate of drug-likeness (QED) is 0.617. The monoisotopic (exact) mass is 262 g/mol. The fourth-order valence-electron chi connectivity index (χ4n) is 2.08. The number of hydrogen-bond donors (Lipinski definition) is 0. The third-order valence-corrected chi connectivity index (χ3v) is 3.03. The highest BCUT2D eigenvalue weighted by molar-refractivity contribution is 5.57. The van der Waals surface area contributed by atoms with Crippen molar-refractivity contribution in [3.05, 3.63) is 27.8 Å². The van der Waals surface area contributed by atoms with Crippen LogP contribution in [-0.4, -0.2) is 18.1 Å². The number of nitrogens with zero attached hydrogens (tertiary/aromatic N) is 2. The molecular formula is C13H14N2O4. The molecule has 0 saturated carbocycles. The summed E-state index contributed by atoms with van der Waals surface area (Å²) in [6.07, 6.45) is 0. The Bertz CT molecular complexity index is 548. The molecule has 2 rings (SSSR count). The van der Waals surface area contributed by atoms with Crippen molar-refractivity contribution < 1.29 is 14.4 Å². The van der Waals surface area contributed by atoms with Crippen LogP contribution in [0.3, 0.4) is 0 Å². The normalized spacial score (nSPS) is 14.8. The molecule has 0 amide bonds. The average Bonchev–Trinajstić information content (AvgIpc) is 2.38. The first-order chi connectivity index (χ1) is 9.04.